The number of aryl methyl sites for hydroxylation is 1. The number of aromatic carboxylic acids is 1. The first kappa shape index (κ1) is 17.8. The lowest BCUT2D eigenvalue weighted by atomic mass is 9.98. The smallest absolute Gasteiger partial charge is 0.340 e. The van der Waals surface area contributed by atoms with Crippen molar-refractivity contribution in [1.82, 2.24) is 4.98 Å². The summed E-state index contributed by atoms with van der Waals surface area (Å²) in [5, 5.41) is 9.83. The van der Waals surface area contributed by atoms with Gasteiger partial charge in [-0.2, -0.15) is 0 Å². The number of nitrogens with zero attached hydrogens (tertiary/aromatic N) is 2. The lowest BCUT2D eigenvalue weighted by molar-refractivity contribution is 0.0698. The number of hydrogen-bond donors (Lipinski definition) is 1. The molecule has 0 radical (unpaired) electrons. The van der Waals surface area contributed by atoms with E-state index in [1.807, 2.05) is 43.1 Å². The summed E-state index contributed by atoms with van der Waals surface area (Å²) in [5.74, 6) is 0.159. The fourth-order valence-electron chi connectivity index (χ4n) is 2.72. The average Bonchev–Trinajstić information content (AvgIpc) is 2.58. The van der Waals surface area contributed by atoms with Crippen LogP contribution in [0.2, 0.25) is 0 Å². The van der Waals surface area contributed by atoms with Gasteiger partial charge in [0.2, 0.25) is 0 Å². The maximum atomic E-state index is 12.0. The Morgan fingerprint density at radius 3 is 2.62 bits per heavy atom. The summed E-state index contributed by atoms with van der Waals surface area (Å²) in [5.41, 5.74) is 2.38. The van der Waals surface area contributed by atoms with Crippen molar-refractivity contribution in [3.63, 3.8) is 0 Å². The molecule has 128 valence electrons. The summed E-state index contributed by atoms with van der Waals surface area (Å²) >= 11 is 0. The highest BCUT2D eigenvalue weighted by atomic mass is 16.5. The molecule has 0 amide bonds. The van der Waals surface area contributed by atoms with Crippen LogP contribution in [-0.2, 0) is 0 Å². The highest BCUT2D eigenvalue weighted by molar-refractivity contribution is 6.01. The summed E-state index contributed by atoms with van der Waals surface area (Å²) in [6, 6.07) is 9.25. The van der Waals surface area contributed by atoms with E-state index >= 15 is 0 Å². The number of ether oxygens (including phenoxy) is 1. The Morgan fingerprint density at radius 2 is 2.00 bits per heavy atom. The van der Waals surface area contributed by atoms with Gasteiger partial charge in [-0.3, -0.25) is 0 Å². The van der Waals surface area contributed by atoms with Gasteiger partial charge in [-0.25, -0.2) is 9.78 Å². The van der Waals surface area contributed by atoms with Crippen LogP contribution in [0.4, 0.5) is 5.82 Å². The number of carboxylic acids is 1. The van der Waals surface area contributed by atoms with Crippen molar-refractivity contribution in [1.29, 1.82) is 0 Å². The number of aromatic nitrogens is 1. The topological polar surface area (TPSA) is 62.7 Å². The number of carbonyl (C=O) groups is 1. The van der Waals surface area contributed by atoms with Crippen LogP contribution in [0.1, 0.15) is 35.8 Å². The number of methoxy groups -OCH3 is 1. The monoisotopic (exact) mass is 328 g/mol. The van der Waals surface area contributed by atoms with Gasteiger partial charge in [0.05, 0.1) is 7.11 Å². The first-order valence-electron chi connectivity index (χ1n) is 8.09. The van der Waals surface area contributed by atoms with Crippen LogP contribution in [0, 0.1) is 6.92 Å². The molecule has 24 heavy (non-hydrogen) atoms. The zero-order chi connectivity index (χ0) is 17.7. The predicted molar refractivity (Wildman–Crippen MR) is 96.1 cm³/mol. The SMILES string of the molecule is CCCCN(C)c1nc(C)cc(-c2ccccc2OC)c1C(=O)O. The Labute approximate surface area is 142 Å². The van der Waals surface area contributed by atoms with E-state index in [0.29, 0.717) is 17.1 Å². The van der Waals surface area contributed by atoms with Gasteiger partial charge in [0.15, 0.2) is 0 Å². The standard InChI is InChI=1S/C19H24N2O3/c1-5-6-11-21(3)18-17(19(22)23)15(12-13(2)20-18)14-9-7-8-10-16(14)24-4/h7-10,12H,5-6,11H2,1-4H3,(H,22,23). The molecule has 5 heteroatoms. The Hall–Kier alpha value is -2.56. The van der Waals surface area contributed by atoms with E-state index in [4.69, 9.17) is 4.74 Å². The summed E-state index contributed by atoms with van der Waals surface area (Å²) < 4.78 is 5.41. The molecule has 0 spiro atoms. The van der Waals surface area contributed by atoms with Crippen LogP contribution in [-0.4, -0.2) is 36.8 Å². The number of para-hydroxylation sites is 1. The Bertz CT molecular complexity index is 729. The van der Waals surface area contributed by atoms with Gasteiger partial charge in [0.25, 0.3) is 0 Å². The number of unbranched alkanes of at least 4 members (excludes halogenated alkanes) is 1. The first-order chi connectivity index (χ1) is 11.5. The zero-order valence-corrected chi connectivity index (χ0v) is 14.7. The molecule has 2 rings (SSSR count). The summed E-state index contributed by atoms with van der Waals surface area (Å²) in [4.78, 5) is 18.4. The van der Waals surface area contributed by atoms with Crippen molar-refractivity contribution in [2.45, 2.75) is 26.7 Å². The number of hydrogen-bond acceptors (Lipinski definition) is 4. The second-order valence-electron chi connectivity index (χ2n) is 5.79. The maximum Gasteiger partial charge on any atom is 0.340 e. The van der Waals surface area contributed by atoms with Crippen LogP contribution in [0.25, 0.3) is 11.1 Å². The van der Waals surface area contributed by atoms with Crippen LogP contribution in [0.5, 0.6) is 5.75 Å². The molecule has 0 aliphatic carbocycles. The Kier molecular flexibility index (Phi) is 5.79. The quantitative estimate of drug-likeness (QED) is 0.832. The molecule has 0 aliphatic heterocycles. The number of pyridine rings is 1. The van der Waals surface area contributed by atoms with Crippen molar-refractivity contribution in [2.24, 2.45) is 0 Å². The molecule has 1 N–H and O–H groups in total. The van der Waals surface area contributed by atoms with Gasteiger partial charge in [0.1, 0.15) is 17.1 Å². The number of carboxylic acid groups (broad SMARTS) is 1. The van der Waals surface area contributed by atoms with E-state index in [-0.39, 0.29) is 5.56 Å². The van der Waals surface area contributed by atoms with Gasteiger partial charge >= 0.3 is 5.97 Å². The zero-order valence-electron chi connectivity index (χ0n) is 14.7. The van der Waals surface area contributed by atoms with Crippen LogP contribution < -0.4 is 9.64 Å². The van der Waals surface area contributed by atoms with E-state index in [0.717, 1.165) is 30.6 Å². The van der Waals surface area contributed by atoms with Crippen LogP contribution in [0.15, 0.2) is 30.3 Å². The number of anilines is 1. The molecule has 0 atom stereocenters. The van der Waals surface area contributed by atoms with Gasteiger partial charge in [-0.1, -0.05) is 31.5 Å². The lowest BCUT2D eigenvalue weighted by Crippen LogP contribution is -2.23. The third-order valence-electron chi connectivity index (χ3n) is 3.95. The highest BCUT2D eigenvalue weighted by Crippen LogP contribution is 2.36. The minimum absolute atomic E-state index is 0.212. The predicted octanol–water partition coefficient (Wildman–Crippen LogP) is 4.00. The van der Waals surface area contributed by atoms with E-state index < -0.39 is 5.97 Å². The normalized spacial score (nSPS) is 10.5. The third kappa shape index (κ3) is 3.67. The first-order valence-corrected chi connectivity index (χ1v) is 8.09. The molecule has 1 heterocycles. The number of rotatable bonds is 7. The second-order valence-corrected chi connectivity index (χ2v) is 5.79. The molecule has 0 fully saturated rings. The average molecular weight is 328 g/mol. The van der Waals surface area contributed by atoms with Crippen molar-refractivity contribution in [2.75, 3.05) is 25.6 Å². The van der Waals surface area contributed by atoms with E-state index in [9.17, 15) is 9.90 Å². The van der Waals surface area contributed by atoms with Gasteiger partial charge < -0.3 is 14.7 Å². The minimum atomic E-state index is -0.984. The minimum Gasteiger partial charge on any atom is -0.496 e. The molecule has 1 aromatic carbocycles. The van der Waals surface area contributed by atoms with Gasteiger partial charge in [-0.05, 0) is 25.5 Å². The molecular formula is C19H24N2O3. The van der Waals surface area contributed by atoms with Crippen molar-refractivity contribution in [3.05, 3.63) is 41.6 Å². The van der Waals surface area contributed by atoms with Crippen LogP contribution in [0.3, 0.4) is 0 Å². The molecule has 0 unspecified atom stereocenters. The molecule has 5 nitrogen and oxygen atoms in total. The van der Waals surface area contributed by atoms with E-state index in [1.165, 1.54) is 0 Å². The molecule has 0 aliphatic rings. The molecular weight excluding hydrogens is 304 g/mol. The fourth-order valence-corrected chi connectivity index (χ4v) is 2.72. The van der Waals surface area contributed by atoms with E-state index in [2.05, 4.69) is 11.9 Å². The largest absolute Gasteiger partial charge is 0.496 e. The molecule has 0 saturated heterocycles. The Balaban J connectivity index is 2.67. The van der Waals surface area contributed by atoms with Crippen LogP contribution >= 0.6 is 0 Å². The molecule has 2 aromatic rings. The summed E-state index contributed by atoms with van der Waals surface area (Å²) in [6.45, 7) is 4.75. The summed E-state index contributed by atoms with van der Waals surface area (Å²) in [6.07, 6.45) is 2.02. The molecule has 0 saturated carbocycles. The van der Waals surface area contributed by atoms with Gasteiger partial charge in [-0.15, -0.1) is 0 Å². The fraction of sp³-hybridized carbons (Fsp3) is 0.368. The summed E-state index contributed by atoms with van der Waals surface area (Å²) in [7, 11) is 3.47. The number of benzene rings is 1. The molecule has 1 aromatic heterocycles. The maximum absolute atomic E-state index is 12.0. The van der Waals surface area contributed by atoms with Crippen molar-refractivity contribution >= 4 is 11.8 Å². The van der Waals surface area contributed by atoms with Crippen molar-refractivity contribution in [3.8, 4) is 16.9 Å². The highest BCUT2D eigenvalue weighted by Gasteiger charge is 2.23. The molecule has 0 bridgehead atoms. The lowest BCUT2D eigenvalue weighted by Gasteiger charge is -2.22. The third-order valence-corrected chi connectivity index (χ3v) is 3.95. The van der Waals surface area contributed by atoms with Gasteiger partial charge in [0, 0.05) is 30.4 Å². The van der Waals surface area contributed by atoms with Crippen molar-refractivity contribution < 1.29 is 14.6 Å². The Morgan fingerprint density at radius 1 is 1.29 bits per heavy atom. The second kappa shape index (κ2) is 7.81. The van der Waals surface area contributed by atoms with E-state index in [1.54, 1.807) is 13.2 Å².